The molecule has 0 atom stereocenters. The molecule has 0 amide bonds. The van der Waals surface area contributed by atoms with Gasteiger partial charge in [0.05, 0.1) is 5.57 Å². The second-order valence-corrected chi connectivity index (χ2v) is 24.8. The van der Waals surface area contributed by atoms with Crippen LogP contribution in [0, 0.1) is 38.5 Å². The summed E-state index contributed by atoms with van der Waals surface area (Å²) in [6, 6.07) is 18.2. The van der Waals surface area contributed by atoms with Crippen molar-refractivity contribution < 1.29 is 21.3 Å². The molecule has 0 fully saturated rings. The molecule has 0 spiro atoms. The van der Waals surface area contributed by atoms with E-state index in [4.69, 9.17) is 0 Å². The fourth-order valence-electron chi connectivity index (χ4n) is 12.1. The van der Waals surface area contributed by atoms with Crippen molar-refractivity contribution in [2.75, 3.05) is 0 Å². The van der Waals surface area contributed by atoms with Gasteiger partial charge in [0.15, 0.2) is 0 Å². The average molecular weight is 1200 g/mol. The summed E-state index contributed by atoms with van der Waals surface area (Å²) in [7, 11) is 0. The molecule has 0 saturated heterocycles. The molecular weight excluding hydrogens is 1060 g/mol. The van der Waals surface area contributed by atoms with E-state index in [0.29, 0.717) is 0 Å². The number of allylic oxidation sites excluding steroid dienone is 2. The molecule has 84 heavy (non-hydrogen) atoms. The molecule has 0 N–H and O–H groups in total. The van der Waals surface area contributed by atoms with Gasteiger partial charge in [-0.1, -0.05) is 352 Å². The zero-order valence-corrected chi connectivity index (χ0v) is 57.7. The molecule has 0 unspecified atom stereocenters. The summed E-state index contributed by atoms with van der Waals surface area (Å²) >= 11 is 0. The van der Waals surface area contributed by atoms with Crippen LogP contribution in [-0.2, 0) is 29.3 Å². The zero-order valence-electron chi connectivity index (χ0n) is 56.7. The summed E-state index contributed by atoms with van der Waals surface area (Å²) in [6.07, 6.45) is 72.3. The van der Waals surface area contributed by atoms with Gasteiger partial charge in [-0.2, -0.15) is 0 Å². The molecule has 2 rings (SSSR count). The van der Waals surface area contributed by atoms with Crippen molar-refractivity contribution in [2.45, 2.75) is 381 Å². The van der Waals surface area contributed by atoms with Gasteiger partial charge in [-0.15, -0.1) is 28.5 Å². The maximum atomic E-state index is 10.1. The summed E-state index contributed by atoms with van der Waals surface area (Å²) < 4.78 is 0. The molecule has 0 aromatic heterocycles. The van der Waals surface area contributed by atoms with E-state index in [2.05, 4.69) is 111 Å². The number of aryl methyl sites for hydroxylation is 2. The van der Waals surface area contributed by atoms with Gasteiger partial charge < -0.3 is 20.4 Å². The van der Waals surface area contributed by atoms with Crippen LogP contribution in [0.3, 0.4) is 0 Å². The molecular formula is C81H136N2Ni. The Balaban J connectivity index is 0. The molecule has 0 aliphatic heterocycles. The number of rotatable bonds is 56. The molecule has 3 heteroatoms. The van der Waals surface area contributed by atoms with Crippen molar-refractivity contribution in [3.63, 3.8) is 0 Å². The fraction of sp³-hybridized carbons (Fsp3) is 0.728. The van der Waals surface area contributed by atoms with Crippen LogP contribution in [0.5, 0.6) is 0 Å². The largest absolute Gasteiger partial charge is 2.00 e. The Morgan fingerprint density at radius 2 is 0.583 bits per heavy atom. The molecule has 0 radical (unpaired) electrons. The summed E-state index contributed by atoms with van der Waals surface area (Å²) in [5.41, 5.74) is 19.0. The Morgan fingerprint density at radius 1 is 0.321 bits per heavy atom. The van der Waals surface area contributed by atoms with Gasteiger partial charge in [0.2, 0.25) is 0 Å². The molecule has 0 heterocycles. The number of unbranched alkanes of at least 4 members (excludes halogenated alkanes) is 45. The smallest absolute Gasteiger partial charge is 0.358 e. The van der Waals surface area contributed by atoms with Gasteiger partial charge in [-0.25, -0.2) is 0 Å². The van der Waals surface area contributed by atoms with Crippen molar-refractivity contribution in [3.8, 4) is 23.7 Å². The molecule has 0 aliphatic rings. The van der Waals surface area contributed by atoms with Crippen LogP contribution in [0.2, 0.25) is 0 Å². The topological polar surface area (TPSA) is 36.4 Å². The van der Waals surface area contributed by atoms with Gasteiger partial charge in [-0.05, 0) is 84.8 Å². The predicted octanol–water partition coefficient (Wildman–Crippen LogP) is 27.1. The van der Waals surface area contributed by atoms with E-state index < -0.39 is 0 Å². The standard InChI is InChI=1S/C79H130N2.2CH3.Ni/c1-5-9-13-16-18-20-22-24-26-28-30-32-34-35-36-37-38-40-42-44-46-48-50-52-54-56-59-65-74-67-61-63-71-77(74)79(78(69-12-8-4)75(72-81-80)68-57-15-11-7-3)76-70-62-60-66-73(76)64-58-55-53-51-49-47-45-43-41-39-33-31-29-27-25-23-21-19-17-14-10-6-2;;;/h60-63,66-67,70-71H,5-52,57-59,64-65,68-69H2,1-4H3;2*1H3;/q;2*-1;+2. The molecule has 0 aliphatic carbocycles. The van der Waals surface area contributed by atoms with E-state index in [1.807, 2.05) is 0 Å². The van der Waals surface area contributed by atoms with Crippen LogP contribution in [-0.4, -0.2) is 10.7 Å². The van der Waals surface area contributed by atoms with Gasteiger partial charge in [0.1, 0.15) is 0 Å². The molecule has 0 saturated carbocycles. The van der Waals surface area contributed by atoms with Crippen LogP contribution in [0.25, 0.3) is 11.1 Å². The first-order valence-electron chi connectivity index (χ1n) is 36.0. The van der Waals surface area contributed by atoms with E-state index in [-0.39, 0.29) is 31.3 Å². The van der Waals surface area contributed by atoms with E-state index >= 15 is 0 Å². The summed E-state index contributed by atoms with van der Waals surface area (Å²) in [4.78, 5) is 3.60. The summed E-state index contributed by atoms with van der Waals surface area (Å²) in [5.74, 6) is 17.5. The predicted molar refractivity (Wildman–Crippen MR) is 374 cm³/mol. The van der Waals surface area contributed by atoms with Crippen molar-refractivity contribution in [2.24, 2.45) is 0 Å². The Bertz CT molecular complexity index is 1990. The second-order valence-electron chi connectivity index (χ2n) is 24.8. The minimum absolute atomic E-state index is 0. The first-order valence-corrected chi connectivity index (χ1v) is 36.0. The zero-order chi connectivity index (χ0) is 57.8. The quantitative estimate of drug-likeness (QED) is 0.00925. The maximum absolute atomic E-state index is 10.1. The Morgan fingerprint density at radius 3 is 0.881 bits per heavy atom. The first kappa shape index (κ1) is 83.0. The van der Waals surface area contributed by atoms with Crippen LogP contribution >= 0.6 is 0 Å². The van der Waals surface area contributed by atoms with E-state index in [0.717, 1.165) is 76.2 Å². The summed E-state index contributed by atoms with van der Waals surface area (Å²) in [6.45, 7) is 9.17. The number of hydrogen-bond acceptors (Lipinski definition) is 0. The van der Waals surface area contributed by atoms with E-state index in [1.54, 1.807) is 0 Å². The molecule has 2 aromatic carbocycles. The van der Waals surface area contributed by atoms with Gasteiger partial charge >= 0.3 is 22.4 Å². The fourth-order valence-corrected chi connectivity index (χ4v) is 12.1. The Hall–Kier alpha value is -3.05. The van der Waals surface area contributed by atoms with Crippen molar-refractivity contribution in [3.05, 3.63) is 102 Å². The number of nitrogens with zero attached hydrogens (tertiary/aromatic N) is 2. The molecule has 480 valence electrons. The van der Waals surface area contributed by atoms with Gasteiger partial charge in [0.25, 0.3) is 0 Å². The van der Waals surface area contributed by atoms with Crippen LogP contribution < -0.4 is 0 Å². The molecule has 2 aromatic rings. The van der Waals surface area contributed by atoms with E-state index in [9.17, 15) is 5.53 Å². The molecule has 0 bridgehead atoms. The minimum atomic E-state index is 0. The SMILES string of the molecule is CCCCCCCCCCCCCCCCCCCCC#CCCc1ccccc1C(=C(CCCC)C(=C=[N+]=[N-])CCCCCC)c1ccccc1CCC#CCCCCCCCCCCCCCCCCCCCCCCCCC.[CH3-].[CH3-].[Ni+2]. The monoisotopic (exact) mass is 1200 g/mol. The van der Waals surface area contributed by atoms with Crippen molar-refractivity contribution in [1.29, 1.82) is 0 Å². The number of benzene rings is 2. The Kier molecular flexibility index (Phi) is 65.1. The maximum Gasteiger partial charge on any atom is 2.00 e. The average Bonchev–Trinajstić information content (AvgIpc) is 3.44. The third-order valence-electron chi connectivity index (χ3n) is 17.3. The van der Waals surface area contributed by atoms with Crippen LogP contribution in [0.15, 0.2) is 59.7 Å². The Labute approximate surface area is 536 Å². The molecule has 2 nitrogen and oxygen atoms in total. The van der Waals surface area contributed by atoms with Gasteiger partial charge in [-0.3, -0.25) is 0 Å². The second kappa shape index (κ2) is 65.9. The first-order chi connectivity index (χ1) is 40.2. The third-order valence-corrected chi connectivity index (χ3v) is 17.3. The number of hydrogen-bond donors (Lipinski definition) is 0. The minimum Gasteiger partial charge on any atom is -0.358 e. The van der Waals surface area contributed by atoms with Crippen LogP contribution in [0.1, 0.15) is 390 Å². The normalized spacial score (nSPS) is 11.0. The van der Waals surface area contributed by atoms with Gasteiger partial charge in [0, 0.05) is 25.7 Å². The van der Waals surface area contributed by atoms with Crippen LogP contribution in [0.4, 0.5) is 0 Å². The summed E-state index contributed by atoms with van der Waals surface area (Å²) in [5, 5.41) is 0. The van der Waals surface area contributed by atoms with Crippen molar-refractivity contribution in [1.82, 2.24) is 0 Å². The third kappa shape index (κ3) is 47.1. The van der Waals surface area contributed by atoms with Crippen molar-refractivity contribution >= 4 is 11.4 Å². The van der Waals surface area contributed by atoms with E-state index in [1.165, 1.54) is 316 Å².